The highest BCUT2D eigenvalue weighted by Crippen LogP contribution is 2.24. The minimum absolute atomic E-state index is 1.20. The Morgan fingerprint density at radius 2 is 0.625 bits per heavy atom. The molecule has 0 aromatic rings. The van der Waals surface area contributed by atoms with Crippen LogP contribution in [0, 0.1) is 0 Å². The normalized spacial score (nSPS) is 12.0. The van der Waals surface area contributed by atoms with Gasteiger partial charge in [0.05, 0.1) is 0 Å². The molecule has 0 saturated carbocycles. The lowest BCUT2D eigenvalue weighted by Crippen LogP contribution is -2.22. The Bertz CT molecular complexity index is 121. The van der Waals surface area contributed by atoms with Gasteiger partial charge in [0, 0.05) is 0 Å². The van der Waals surface area contributed by atoms with Crippen molar-refractivity contribution in [2.45, 2.75) is 77.8 Å². The highest BCUT2D eigenvalue weighted by atomic mass is 35.6. The Labute approximate surface area is 115 Å². The minimum Gasteiger partial charge on any atom is -0.167 e. The van der Waals surface area contributed by atoms with Crippen molar-refractivity contribution in [3.8, 4) is 0 Å². The summed E-state index contributed by atoms with van der Waals surface area (Å²) in [6.45, 7) is 13.2. The van der Waals surface area contributed by atoms with Crippen LogP contribution in [0.3, 0.4) is 0 Å². The van der Waals surface area contributed by atoms with E-state index in [0.717, 1.165) is 0 Å². The van der Waals surface area contributed by atoms with E-state index in [4.69, 9.17) is 22.2 Å². The van der Waals surface area contributed by atoms with Crippen LogP contribution >= 0.6 is 22.2 Å². The van der Waals surface area contributed by atoms with Gasteiger partial charge in [-0.1, -0.05) is 41.5 Å². The minimum atomic E-state index is -1.20. The van der Waals surface area contributed by atoms with Gasteiger partial charge in [-0.3, -0.25) is 0 Å². The molecule has 0 heterocycles. The maximum atomic E-state index is 6.23. The Morgan fingerprint density at radius 3 is 0.625 bits per heavy atom. The molecule has 0 aromatic carbocycles. The zero-order valence-electron chi connectivity index (χ0n) is 12.0. The monoisotopic (exact) mass is 300 g/mol. The van der Waals surface area contributed by atoms with Crippen molar-refractivity contribution in [1.82, 2.24) is 0 Å². The largest absolute Gasteiger partial charge is 0.167 e. The van der Waals surface area contributed by atoms with Crippen molar-refractivity contribution in [3.05, 3.63) is 0 Å². The molecule has 0 nitrogen and oxygen atoms in total. The molecule has 0 atom stereocenters. The summed E-state index contributed by atoms with van der Waals surface area (Å²) in [7, 11) is -2.40. The quantitative estimate of drug-likeness (QED) is 0.390. The average molecular weight is 301 g/mol. The summed E-state index contributed by atoms with van der Waals surface area (Å²) in [6.07, 6.45) is 0. The van der Waals surface area contributed by atoms with E-state index in [9.17, 15) is 0 Å². The van der Waals surface area contributed by atoms with Crippen molar-refractivity contribution < 1.29 is 0 Å². The molecule has 0 amide bonds. The molecule has 0 aliphatic rings. The Balaban J connectivity index is 0. The second kappa shape index (κ2) is 9.98. The van der Waals surface area contributed by atoms with Crippen LogP contribution in [0.15, 0.2) is 0 Å². The lowest BCUT2D eigenvalue weighted by atomic mass is 10.9. The van der Waals surface area contributed by atoms with E-state index >= 15 is 0 Å². The van der Waals surface area contributed by atoms with Crippen molar-refractivity contribution >= 4 is 36.9 Å². The molecule has 0 unspecified atom stereocenters. The van der Waals surface area contributed by atoms with Gasteiger partial charge in [-0.2, -0.15) is 22.2 Å². The molecule has 0 fully saturated rings. The lowest BCUT2D eigenvalue weighted by Gasteiger charge is -2.17. The summed E-state index contributed by atoms with van der Waals surface area (Å²) in [5.74, 6) is 0. The van der Waals surface area contributed by atoms with Crippen LogP contribution in [0.1, 0.15) is 41.5 Å². The molecule has 0 saturated heterocycles. The SMILES string of the molecule is CC[Si](Cl)(CC)CC.CC[Si](Cl)(CC)CC. The van der Waals surface area contributed by atoms with Gasteiger partial charge in [0.15, 0.2) is 14.8 Å². The molecule has 0 radical (unpaired) electrons. The smallest absolute Gasteiger partial charge is 0.155 e. The second-order valence-electron chi connectivity index (χ2n) is 4.42. The third kappa shape index (κ3) is 8.16. The molecule has 100 valence electrons. The molecule has 0 aliphatic carbocycles. The standard InChI is InChI=1S/2C6H15ClSi/c2*1-4-8(7,5-2)6-3/h2*4-6H2,1-3H3. The Morgan fingerprint density at radius 1 is 0.500 bits per heavy atom. The number of rotatable bonds is 6. The second-order valence-corrected chi connectivity index (χ2v) is 18.1. The van der Waals surface area contributed by atoms with Gasteiger partial charge >= 0.3 is 0 Å². The third-order valence-electron chi connectivity index (χ3n) is 3.80. The summed E-state index contributed by atoms with van der Waals surface area (Å²) >= 11 is 12.5. The molecule has 0 rings (SSSR count). The summed E-state index contributed by atoms with van der Waals surface area (Å²) in [6, 6.07) is 7.34. The molecule has 0 spiro atoms. The van der Waals surface area contributed by atoms with E-state index in [1.807, 2.05) is 0 Å². The van der Waals surface area contributed by atoms with E-state index < -0.39 is 14.8 Å². The van der Waals surface area contributed by atoms with E-state index in [1.54, 1.807) is 0 Å². The molecular formula is C12H30Cl2Si2. The van der Waals surface area contributed by atoms with Crippen molar-refractivity contribution in [3.63, 3.8) is 0 Å². The molecular weight excluding hydrogens is 271 g/mol. The number of halogens is 2. The topological polar surface area (TPSA) is 0 Å². The number of hydrogen-bond acceptors (Lipinski definition) is 0. The van der Waals surface area contributed by atoms with Gasteiger partial charge < -0.3 is 0 Å². The van der Waals surface area contributed by atoms with Crippen LogP contribution in [0.4, 0.5) is 0 Å². The fourth-order valence-electron chi connectivity index (χ4n) is 1.50. The van der Waals surface area contributed by atoms with Crippen LogP contribution < -0.4 is 0 Å². The van der Waals surface area contributed by atoms with Gasteiger partial charge in [-0.25, -0.2) is 0 Å². The fraction of sp³-hybridized carbons (Fsp3) is 1.00. The van der Waals surface area contributed by atoms with Gasteiger partial charge in [-0.05, 0) is 36.3 Å². The zero-order valence-corrected chi connectivity index (χ0v) is 15.5. The van der Waals surface area contributed by atoms with Crippen LogP contribution in [0.5, 0.6) is 0 Å². The summed E-state index contributed by atoms with van der Waals surface area (Å²) in [5.41, 5.74) is 0. The molecule has 0 aromatic heterocycles. The Kier molecular flexibility index (Phi) is 12.1. The first kappa shape index (κ1) is 19.4. The summed E-state index contributed by atoms with van der Waals surface area (Å²) < 4.78 is 0. The van der Waals surface area contributed by atoms with E-state index in [0.29, 0.717) is 0 Å². The summed E-state index contributed by atoms with van der Waals surface area (Å²) in [5, 5.41) is 0. The van der Waals surface area contributed by atoms with Gasteiger partial charge in [-0.15, -0.1) is 0 Å². The molecule has 4 heteroatoms. The molecule has 0 N–H and O–H groups in total. The maximum absolute atomic E-state index is 6.23. The first-order valence-corrected chi connectivity index (χ1v) is 14.0. The van der Waals surface area contributed by atoms with Crippen molar-refractivity contribution in [2.75, 3.05) is 0 Å². The predicted octanol–water partition coefficient (Wildman–Crippen LogP) is 6.46. The van der Waals surface area contributed by atoms with Gasteiger partial charge in [0.1, 0.15) is 0 Å². The maximum Gasteiger partial charge on any atom is 0.155 e. The van der Waals surface area contributed by atoms with Crippen LogP contribution in [-0.4, -0.2) is 14.8 Å². The average Bonchev–Trinajstić information content (AvgIpc) is 2.37. The number of hydrogen-bond donors (Lipinski definition) is 0. The van der Waals surface area contributed by atoms with Gasteiger partial charge in [0.25, 0.3) is 0 Å². The van der Waals surface area contributed by atoms with Crippen LogP contribution in [0.25, 0.3) is 0 Å². The molecule has 16 heavy (non-hydrogen) atoms. The highest BCUT2D eigenvalue weighted by molar-refractivity contribution is 7.20. The highest BCUT2D eigenvalue weighted by Gasteiger charge is 2.23. The van der Waals surface area contributed by atoms with Crippen LogP contribution in [-0.2, 0) is 0 Å². The van der Waals surface area contributed by atoms with E-state index in [2.05, 4.69) is 41.5 Å². The molecule has 0 aliphatic heterocycles. The zero-order chi connectivity index (χ0) is 13.2. The van der Waals surface area contributed by atoms with Crippen LogP contribution in [0.2, 0.25) is 36.3 Å². The van der Waals surface area contributed by atoms with Gasteiger partial charge in [0.2, 0.25) is 0 Å². The molecule has 0 bridgehead atoms. The van der Waals surface area contributed by atoms with Crippen molar-refractivity contribution in [2.24, 2.45) is 0 Å². The van der Waals surface area contributed by atoms with Crippen molar-refractivity contribution in [1.29, 1.82) is 0 Å². The fourth-order valence-corrected chi connectivity index (χ4v) is 4.50. The lowest BCUT2D eigenvalue weighted by molar-refractivity contribution is 1.22. The first-order chi connectivity index (χ1) is 7.36. The predicted molar refractivity (Wildman–Crippen MR) is 86.1 cm³/mol. The Hall–Kier alpha value is 1.01. The van der Waals surface area contributed by atoms with E-state index in [-0.39, 0.29) is 0 Å². The summed E-state index contributed by atoms with van der Waals surface area (Å²) in [4.78, 5) is 0. The van der Waals surface area contributed by atoms with E-state index in [1.165, 1.54) is 36.3 Å². The first-order valence-electron chi connectivity index (χ1n) is 6.74. The third-order valence-corrected chi connectivity index (χ3v) is 16.2.